The number of nitrogens with zero attached hydrogens (tertiary/aromatic N) is 1. The molecule has 0 saturated carbocycles. The highest BCUT2D eigenvalue weighted by molar-refractivity contribution is 6.31. The molecule has 2 aromatic rings. The van der Waals surface area contributed by atoms with Crippen molar-refractivity contribution >= 4 is 17.5 Å². The highest BCUT2D eigenvalue weighted by atomic mass is 35.5. The molecular formula is C19H23ClN2O. The molecule has 0 atom stereocenters. The first kappa shape index (κ1) is 17.5. The summed E-state index contributed by atoms with van der Waals surface area (Å²) in [6.45, 7) is 4.73. The van der Waals surface area contributed by atoms with Gasteiger partial charge in [0.05, 0.1) is 0 Å². The third-order valence-electron chi connectivity index (χ3n) is 3.74. The normalized spacial score (nSPS) is 10.5. The zero-order valence-corrected chi connectivity index (χ0v) is 14.2. The number of nitrogens with one attached hydrogen (secondary N) is 1. The maximum atomic E-state index is 12.3. The Balaban J connectivity index is 1.75. The van der Waals surface area contributed by atoms with Gasteiger partial charge in [-0.1, -0.05) is 60.1 Å². The van der Waals surface area contributed by atoms with Crippen molar-refractivity contribution in [2.24, 2.45) is 0 Å². The predicted molar refractivity (Wildman–Crippen MR) is 95.3 cm³/mol. The first-order valence-electron chi connectivity index (χ1n) is 7.96. The molecule has 4 heteroatoms. The largest absolute Gasteiger partial charge is 0.339 e. The molecule has 0 radical (unpaired) electrons. The van der Waals surface area contributed by atoms with E-state index in [2.05, 4.69) is 5.32 Å². The number of carbonyl (C=O) groups excluding carboxylic acids is 1. The Kier molecular flexibility index (Phi) is 7.11. The SMILES string of the molecule is CCN(Cc1ccccc1)C(=O)CCNCc1ccccc1Cl. The zero-order chi connectivity index (χ0) is 16.5. The van der Waals surface area contributed by atoms with Crippen molar-refractivity contribution in [3.63, 3.8) is 0 Å². The molecule has 0 bridgehead atoms. The van der Waals surface area contributed by atoms with Crippen LogP contribution in [0.25, 0.3) is 0 Å². The van der Waals surface area contributed by atoms with Crippen molar-refractivity contribution in [3.8, 4) is 0 Å². The Bertz CT molecular complexity index is 616. The van der Waals surface area contributed by atoms with E-state index in [-0.39, 0.29) is 5.91 Å². The first-order valence-corrected chi connectivity index (χ1v) is 8.34. The maximum absolute atomic E-state index is 12.3. The number of hydrogen-bond acceptors (Lipinski definition) is 2. The topological polar surface area (TPSA) is 32.3 Å². The van der Waals surface area contributed by atoms with Gasteiger partial charge in [0.1, 0.15) is 0 Å². The molecule has 0 saturated heterocycles. The van der Waals surface area contributed by atoms with Gasteiger partial charge in [0.25, 0.3) is 0 Å². The Morgan fingerprint density at radius 1 is 1.09 bits per heavy atom. The van der Waals surface area contributed by atoms with Crippen molar-refractivity contribution in [1.29, 1.82) is 0 Å². The van der Waals surface area contributed by atoms with E-state index in [1.54, 1.807) is 0 Å². The second-order valence-corrected chi connectivity index (χ2v) is 5.82. The zero-order valence-electron chi connectivity index (χ0n) is 13.5. The van der Waals surface area contributed by atoms with Crippen LogP contribution in [0.3, 0.4) is 0 Å². The van der Waals surface area contributed by atoms with Crippen LogP contribution in [0.1, 0.15) is 24.5 Å². The third-order valence-corrected chi connectivity index (χ3v) is 4.11. The lowest BCUT2D eigenvalue weighted by Gasteiger charge is -2.21. The summed E-state index contributed by atoms with van der Waals surface area (Å²) < 4.78 is 0. The monoisotopic (exact) mass is 330 g/mol. The first-order chi connectivity index (χ1) is 11.2. The van der Waals surface area contributed by atoms with Crippen LogP contribution >= 0.6 is 11.6 Å². The van der Waals surface area contributed by atoms with Gasteiger partial charge >= 0.3 is 0 Å². The summed E-state index contributed by atoms with van der Waals surface area (Å²) in [6.07, 6.45) is 0.491. The quantitative estimate of drug-likeness (QED) is 0.745. The molecule has 0 aliphatic carbocycles. The molecule has 0 aliphatic rings. The van der Waals surface area contributed by atoms with Crippen LogP contribution in [-0.4, -0.2) is 23.9 Å². The molecule has 0 aromatic heterocycles. The van der Waals surface area contributed by atoms with E-state index in [1.807, 2.05) is 66.4 Å². The number of carbonyl (C=O) groups is 1. The molecule has 1 N–H and O–H groups in total. The summed E-state index contributed by atoms with van der Waals surface area (Å²) in [7, 11) is 0. The van der Waals surface area contributed by atoms with Crippen molar-refractivity contribution in [2.45, 2.75) is 26.4 Å². The van der Waals surface area contributed by atoms with Crippen molar-refractivity contribution in [1.82, 2.24) is 10.2 Å². The fraction of sp³-hybridized carbons (Fsp3) is 0.316. The van der Waals surface area contributed by atoms with Crippen LogP contribution in [-0.2, 0) is 17.9 Å². The van der Waals surface area contributed by atoms with Crippen LogP contribution in [0.4, 0.5) is 0 Å². The smallest absolute Gasteiger partial charge is 0.224 e. The molecule has 0 fully saturated rings. The number of benzene rings is 2. The molecule has 0 heterocycles. The fourth-order valence-corrected chi connectivity index (χ4v) is 2.60. The third kappa shape index (κ3) is 5.70. The van der Waals surface area contributed by atoms with Crippen LogP contribution < -0.4 is 5.32 Å². The minimum Gasteiger partial charge on any atom is -0.339 e. The standard InChI is InChI=1S/C19H23ClN2O/c1-2-22(15-16-8-4-3-5-9-16)19(23)12-13-21-14-17-10-6-7-11-18(17)20/h3-11,21H,2,12-15H2,1H3. The van der Waals surface area contributed by atoms with Gasteiger partial charge in [-0.05, 0) is 24.1 Å². The molecule has 2 rings (SSSR count). The molecule has 2 aromatic carbocycles. The van der Waals surface area contributed by atoms with E-state index in [0.717, 1.165) is 22.7 Å². The van der Waals surface area contributed by atoms with Gasteiger partial charge in [0.15, 0.2) is 0 Å². The van der Waals surface area contributed by atoms with Crippen LogP contribution in [0, 0.1) is 0 Å². The van der Waals surface area contributed by atoms with Gasteiger partial charge < -0.3 is 10.2 Å². The second kappa shape index (κ2) is 9.33. The molecule has 0 spiro atoms. The number of rotatable bonds is 8. The maximum Gasteiger partial charge on any atom is 0.224 e. The average Bonchev–Trinajstić information content (AvgIpc) is 2.58. The fourth-order valence-electron chi connectivity index (χ4n) is 2.40. The number of hydrogen-bond donors (Lipinski definition) is 1. The summed E-state index contributed by atoms with van der Waals surface area (Å²) in [6, 6.07) is 17.8. The number of halogens is 1. The second-order valence-electron chi connectivity index (χ2n) is 5.41. The average molecular weight is 331 g/mol. The van der Waals surface area contributed by atoms with Gasteiger partial charge in [-0.3, -0.25) is 4.79 Å². The van der Waals surface area contributed by atoms with Gasteiger partial charge in [0, 0.05) is 37.6 Å². The summed E-state index contributed by atoms with van der Waals surface area (Å²) in [4.78, 5) is 14.2. The summed E-state index contributed by atoms with van der Waals surface area (Å²) in [5.41, 5.74) is 2.21. The molecule has 23 heavy (non-hydrogen) atoms. The van der Waals surface area contributed by atoms with Crippen molar-refractivity contribution < 1.29 is 4.79 Å². The molecular weight excluding hydrogens is 308 g/mol. The molecule has 0 aliphatic heterocycles. The highest BCUT2D eigenvalue weighted by Crippen LogP contribution is 2.14. The van der Waals surface area contributed by atoms with E-state index in [0.29, 0.717) is 26.1 Å². The van der Waals surface area contributed by atoms with Crippen molar-refractivity contribution in [2.75, 3.05) is 13.1 Å². The minimum atomic E-state index is 0.169. The number of amides is 1. The van der Waals surface area contributed by atoms with Crippen molar-refractivity contribution in [3.05, 3.63) is 70.7 Å². The van der Waals surface area contributed by atoms with E-state index in [1.165, 1.54) is 0 Å². The van der Waals surface area contributed by atoms with Crippen LogP contribution in [0.5, 0.6) is 0 Å². The van der Waals surface area contributed by atoms with Gasteiger partial charge in [-0.15, -0.1) is 0 Å². The Morgan fingerprint density at radius 3 is 2.48 bits per heavy atom. The molecule has 122 valence electrons. The van der Waals surface area contributed by atoms with E-state index in [9.17, 15) is 4.79 Å². The molecule has 3 nitrogen and oxygen atoms in total. The summed E-state index contributed by atoms with van der Waals surface area (Å²) >= 11 is 6.11. The minimum absolute atomic E-state index is 0.169. The Morgan fingerprint density at radius 2 is 1.78 bits per heavy atom. The van der Waals surface area contributed by atoms with Crippen LogP contribution in [0.15, 0.2) is 54.6 Å². The van der Waals surface area contributed by atoms with E-state index < -0.39 is 0 Å². The van der Waals surface area contributed by atoms with Gasteiger partial charge in [-0.25, -0.2) is 0 Å². The van der Waals surface area contributed by atoms with Crippen LogP contribution in [0.2, 0.25) is 5.02 Å². The van der Waals surface area contributed by atoms with E-state index in [4.69, 9.17) is 11.6 Å². The van der Waals surface area contributed by atoms with Gasteiger partial charge in [-0.2, -0.15) is 0 Å². The van der Waals surface area contributed by atoms with Gasteiger partial charge in [0.2, 0.25) is 5.91 Å². The molecule has 1 amide bonds. The Hall–Kier alpha value is -1.84. The lowest BCUT2D eigenvalue weighted by atomic mass is 10.2. The van der Waals surface area contributed by atoms with E-state index >= 15 is 0 Å². The highest BCUT2D eigenvalue weighted by Gasteiger charge is 2.11. The Labute approximate surface area is 143 Å². The summed E-state index contributed by atoms with van der Waals surface area (Å²) in [5, 5.41) is 4.04. The molecule has 0 unspecified atom stereocenters. The lowest BCUT2D eigenvalue weighted by molar-refractivity contribution is -0.131. The lowest BCUT2D eigenvalue weighted by Crippen LogP contribution is -2.32. The summed E-state index contributed by atoms with van der Waals surface area (Å²) in [5.74, 6) is 0.169. The predicted octanol–water partition coefficient (Wildman–Crippen LogP) is 3.87.